The van der Waals surface area contributed by atoms with Gasteiger partial charge >= 0.3 is 0 Å². The van der Waals surface area contributed by atoms with Crippen LogP contribution in [0.3, 0.4) is 0 Å². The number of sulfonamides is 1. The number of aromatic amines is 1. The monoisotopic (exact) mass is 397 g/mol. The largest absolute Gasteiger partial charge is 0.329 e. The smallest absolute Gasteiger partial charge is 0.264 e. The number of fused-ring (bicyclic) bond motifs is 1. The Balaban J connectivity index is 1.92. The van der Waals surface area contributed by atoms with Crippen molar-refractivity contribution in [3.05, 3.63) is 89.0 Å². The zero-order valence-corrected chi connectivity index (χ0v) is 16.2. The van der Waals surface area contributed by atoms with E-state index in [0.717, 1.165) is 12.0 Å². The molecule has 0 radical (unpaired) electrons. The molecule has 0 atom stereocenters. The van der Waals surface area contributed by atoms with E-state index < -0.39 is 10.0 Å². The van der Waals surface area contributed by atoms with Gasteiger partial charge in [-0.3, -0.25) is 9.10 Å². The van der Waals surface area contributed by atoms with Gasteiger partial charge in [0.05, 0.1) is 4.90 Å². The van der Waals surface area contributed by atoms with E-state index >= 15 is 0 Å². The minimum Gasteiger partial charge on any atom is -0.329 e. The molecule has 0 bridgehead atoms. The van der Waals surface area contributed by atoms with E-state index in [2.05, 4.69) is 4.98 Å². The number of rotatable bonds is 8. The predicted octanol–water partition coefficient (Wildman–Crippen LogP) is 2.62. The molecule has 0 saturated carbocycles. The summed E-state index contributed by atoms with van der Waals surface area (Å²) in [5.41, 5.74) is 6.37. The first-order valence-corrected chi connectivity index (χ1v) is 10.5. The minimum atomic E-state index is -3.83. The second kappa shape index (κ2) is 8.86. The molecule has 0 amide bonds. The molecule has 3 rings (SSSR count). The van der Waals surface area contributed by atoms with Crippen molar-refractivity contribution >= 4 is 20.8 Å². The molecule has 3 N–H and O–H groups in total. The summed E-state index contributed by atoms with van der Waals surface area (Å²) in [6, 6.07) is 16.2. The summed E-state index contributed by atoms with van der Waals surface area (Å²) in [6.45, 7) is 0.549. The molecule has 0 fully saturated rings. The first-order chi connectivity index (χ1) is 13.5. The Labute approximate surface area is 164 Å². The van der Waals surface area contributed by atoms with Crippen LogP contribution in [0, 0.1) is 0 Å². The number of aryl methyl sites for hydroxylation is 1. The highest BCUT2D eigenvalue weighted by Crippen LogP contribution is 2.24. The van der Waals surface area contributed by atoms with E-state index in [9.17, 15) is 13.2 Å². The van der Waals surface area contributed by atoms with Crippen molar-refractivity contribution in [2.24, 2.45) is 5.73 Å². The number of benzene rings is 2. The molecule has 2 aromatic carbocycles. The third-order valence-electron chi connectivity index (χ3n) is 4.46. The van der Waals surface area contributed by atoms with Crippen molar-refractivity contribution < 1.29 is 8.42 Å². The van der Waals surface area contributed by atoms with E-state index in [1.54, 1.807) is 24.3 Å². The number of pyridine rings is 1. The highest BCUT2D eigenvalue weighted by Gasteiger charge is 2.23. The molecule has 28 heavy (non-hydrogen) atoms. The van der Waals surface area contributed by atoms with Crippen molar-refractivity contribution in [3.63, 3.8) is 0 Å². The average molecular weight is 398 g/mol. The van der Waals surface area contributed by atoms with Gasteiger partial charge < -0.3 is 10.7 Å². The van der Waals surface area contributed by atoms with Crippen LogP contribution >= 0.6 is 0 Å². The number of nitrogens with two attached hydrogens (primary N) is 1. The summed E-state index contributed by atoms with van der Waals surface area (Å²) < 4.78 is 28.0. The molecular formula is C21H23N3O3S. The fourth-order valence-electron chi connectivity index (χ4n) is 3.08. The topological polar surface area (TPSA) is 96.3 Å². The van der Waals surface area contributed by atoms with Crippen molar-refractivity contribution in [1.82, 2.24) is 9.29 Å². The van der Waals surface area contributed by atoms with Crippen molar-refractivity contribution in [2.75, 3.05) is 13.1 Å². The lowest BCUT2D eigenvalue weighted by atomic mass is 10.1. The van der Waals surface area contributed by atoms with Crippen molar-refractivity contribution in [3.8, 4) is 0 Å². The Morgan fingerprint density at radius 2 is 1.79 bits per heavy atom. The number of nitrogens with zero attached hydrogens (tertiary/aromatic N) is 1. The predicted molar refractivity (Wildman–Crippen MR) is 111 cm³/mol. The van der Waals surface area contributed by atoms with Crippen LogP contribution in [0.2, 0.25) is 0 Å². The summed E-state index contributed by atoms with van der Waals surface area (Å²) in [5, 5.41) is 0.746. The van der Waals surface area contributed by atoms with Gasteiger partial charge in [0, 0.05) is 36.3 Å². The molecule has 3 aromatic rings. The maximum absolute atomic E-state index is 13.3. The standard InChI is InChI=1S/C21H23N3O3S/c22-13-6-16-24(15-5-9-17-7-2-1-3-8-17)28(26,27)20-11-4-10-19-18(20)12-14-23-21(19)25/h1-4,6-8,10-12,14,16H,5,9,13,15,22H2,(H,23,25). The van der Waals surface area contributed by atoms with Gasteiger partial charge in [0.15, 0.2) is 0 Å². The van der Waals surface area contributed by atoms with Crippen LogP contribution in [0.5, 0.6) is 0 Å². The minimum absolute atomic E-state index is 0.109. The first-order valence-electron chi connectivity index (χ1n) is 9.07. The van der Waals surface area contributed by atoms with Gasteiger partial charge in [-0.2, -0.15) is 0 Å². The second-order valence-electron chi connectivity index (χ2n) is 6.35. The molecule has 1 heterocycles. The normalized spacial score (nSPS) is 11.9. The highest BCUT2D eigenvalue weighted by molar-refractivity contribution is 7.89. The summed E-state index contributed by atoms with van der Waals surface area (Å²) in [6.07, 6.45) is 5.99. The molecule has 0 unspecified atom stereocenters. The van der Waals surface area contributed by atoms with Crippen LogP contribution < -0.4 is 11.3 Å². The lowest BCUT2D eigenvalue weighted by Crippen LogP contribution is -2.28. The van der Waals surface area contributed by atoms with Crippen LogP contribution in [-0.4, -0.2) is 30.8 Å². The van der Waals surface area contributed by atoms with Gasteiger partial charge in [0.1, 0.15) is 0 Å². The SMILES string of the molecule is NCC=CN(CCCc1ccccc1)S(=O)(=O)c1cccc2c(=O)[nH]ccc12. The van der Waals surface area contributed by atoms with E-state index in [1.807, 2.05) is 30.3 Å². The van der Waals surface area contributed by atoms with Gasteiger partial charge in [-0.25, -0.2) is 8.42 Å². The summed E-state index contributed by atoms with van der Waals surface area (Å²) in [5.74, 6) is 0. The molecule has 0 aliphatic heterocycles. The number of hydrogen-bond acceptors (Lipinski definition) is 4. The average Bonchev–Trinajstić information content (AvgIpc) is 2.71. The Bertz CT molecular complexity index is 1120. The Hall–Kier alpha value is -2.90. The molecule has 146 valence electrons. The first kappa shape index (κ1) is 19.9. The van der Waals surface area contributed by atoms with Crippen molar-refractivity contribution in [2.45, 2.75) is 17.7 Å². The second-order valence-corrected chi connectivity index (χ2v) is 8.21. The summed E-state index contributed by atoms with van der Waals surface area (Å²) >= 11 is 0. The van der Waals surface area contributed by atoms with Crippen molar-refractivity contribution in [1.29, 1.82) is 0 Å². The number of H-pyrrole nitrogens is 1. The lowest BCUT2D eigenvalue weighted by molar-refractivity contribution is 0.489. The molecule has 1 aromatic heterocycles. The molecule has 0 aliphatic rings. The number of nitrogens with one attached hydrogen (secondary N) is 1. The van der Waals surface area contributed by atoms with E-state index in [1.165, 1.54) is 22.8 Å². The molecule has 6 nitrogen and oxygen atoms in total. The molecule has 0 aliphatic carbocycles. The van der Waals surface area contributed by atoms with E-state index in [-0.39, 0.29) is 17.0 Å². The maximum atomic E-state index is 13.3. The maximum Gasteiger partial charge on any atom is 0.264 e. The third kappa shape index (κ3) is 4.32. The lowest BCUT2D eigenvalue weighted by Gasteiger charge is -2.21. The van der Waals surface area contributed by atoms with Gasteiger partial charge in [-0.05, 0) is 36.6 Å². The molecule has 0 spiro atoms. The molecular weight excluding hydrogens is 374 g/mol. The highest BCUT2D eigenvalue weighted by atomic mass is 32.2. The molecule has 7 heteroatoms. The third-order valence-corrected chi connectivity index (χ3v) is 6.29. The zero-order valence-electron chi connectivity index (χ0n) is 15.4. The fraction of sp³-hybridized carbons (Fsp3) is 0.190. The van der Waals surface area contributed by atoms with Gasteiger partial charge in [-0.1, -0.05) is 42.5 Å². The fourth-order valence-corrected chi connectivity index (χ4v) is 4.66. The van der Waals surface area contributed by atoms with Crippen LogP contribution in [0.25, 0.3) is 10.8 Å². The Morgan fingerprint density at radius 1 is 1.00 bits per heavy atom. The van der Waals surface area contributed by atoms with Crippen LogP contribution in [0.4, 0.5) is 0 Å². The van der Waals surface area contributed by atoms with Crippen LogP contribution in [0.15, 0.2) is 82.8 Å². The Morgan fingerprint density at radius 3 is 2.54 bits per heavy atom. The Kier molecular flexibility index (Phi) is 6.28. The summed E-state index contributed by atoms with van der Waals surface area (Å²) in [7, 11) is -3.83. The molecule has 0 saturated heterocycles. The quantitative estimate of drug-likeness (QED) is 0.611. The van der Waals surface area contributed by atoms with E-state index in [0.29, 0.717) is 23.7 Å². The number of hydrogen-bond donors (Lipinski definition) is 2. The van der Waals surface area contributed by atoms with Gasteiger partial charge in [0.25, 0.3) is 15.6 Å². The van der Waals surface area contributed by atoms with Gasteiger partial charge in [-0.15, -0.1) is 0 Å². The van der Waals surface area contributed by atoms with E-state index in [4.69, 9.17) is 5.73 Å². The van der Waals surface area contributed by atoms with Crippen LogP contribution in [0.1, 0.15) is 12.0 Å². The number of aromatic nitrogens is 1. The van der Waals surface area contributed by atoms with Gasteiger partial charge in [0.2, 0.25) is 0 Å². The summed E-state index contributed by atoms with van der Waals surface area (Å²) in [4.78, 5) is 14.7. The zero-order chi connectivity index (χ0) is 20.0. The van der Waals surface area contributed by atoms with Crippen LogP contribution in [-0.2, 0) is 16.4 Å².